The molecule has 0 aliphatic carbocycles. The quantitative estimate of drug-likeness (QED) is 0.494. The van der Waals surface area contributed by atoms with Crippen LogP contribution in [-0.2, 0) is 6.18 Å². The first-order chi connectivity index (χ1) is 12.8. The Bertz CT molecular complexity index is 974. The lowest BCUT2D eigenvalue weighted by atomic mass is 10.2. The number of ether oxygens (including phenoxy) is 2. The van der Waals surface area contributed by atoms with Crippen molar-refractivity contribution in [3.05, 3.63) is 58.9 Å². The van der Waals surface area contributed by atoms with E-state index in [0.717, 1.165) is 6.20 Å². The fourth-order valence-corrected chi connectivity index (χ4v) is 2.34. The maximum Gasteiger partial charge on any atom is 0.434 e. The Hall–Kier alpha value is -3.14. The summed E-state index contributed by atoms with van der Waals surface area (Å²) in [6.07, 6.45) is -4.17. The summed E-state index contributed by atoms with van der Waals surface area (Å²) >= 11 is 5.86. The molecule has 140 valence electrons. The molecule has 2 heterocycles. The highest BCUT2D eigenvalue weighted by Crippen LogP contribution is 2.34. The van der Waals surface area contributed by atoms with E-state index in [9.17, 15) is 18.0 Å². The largest absolute Gasteiger partial charge is 0.480 e. The van der Waals surface area contributed by atoms with Crippen LogP contribution in [0.5, 0.6) is 11.6 Å². The van der Waals surface area contributed by atoms with E-state index in [-0.39, 0.29) is 22.5 Å². The van der Waals surface area contributed by atoms with Crippen LogP contribution in [0.15, 0.2) is 42.6 Å². The van der Waals surface area contributed by atoms with Crippen LogP contribution < -0.4 is 9.47 Å². The summed E-state index contributed by atoms with van der Waals surface area (Å²) in [5.41, 5.74) is -2.14. The molecule has 0 saturated heterocycles. The first kappa shape index (κ1) is 18.6. The first-order valence-corrected chi connectivity index (χ1v) is 7.69. The van der Waals surface area contributed by atoms with Gasteiger partial charge in [-0.2, -0.15) is 18.3 Å². The molecular formula is C16H10ClF3N4O3. The summed E-state index contributed by atoms with van der Waals surface area (Å²) in [5.74, 6) is -1.48. The zero-order valence-corrected chi connectivity index (χ0v) is 14.3. The number of esters is 1. The summed E-state index contributed by atoms with van der Waals surface area (Å²) in [6, 6.07) is 8.43. The van der Waals surface area contributed by atoms with Gasteiger partial charge in [0.15, 0.2) is 11.5 Å². The summed E-state index contributed by atoms with van der Waals surface area (Å²) < 4.78 is 51.0. The van der Waals surface area contributed by atoms with Gasteiger partial charge < -0.3 is 9.47 Å². The SMILES string of the molecule is COc1ccc(-n2ncc(C(=O)Oc3ccccc3Cl)c2C(F)(F)F)nn1. The molecular weight excluding hydrogens is 389 g/mol. The highest BCUT2D eigenvalue weighted by Gasteiger charge is 2.41. The van der Waals surface area contributed by atoms with E-state index in [1.807, 2.05) is 0 Å². The van der Waals surface area contributed by atoms with Crippen molar-refractivity contribution < 1.29 is 27.4 Å². The van der Waals surface area contributed by atoms with Gasteiger partial charge in [-0.3, -0.25) is 0 Å². The molecule has 0 bridgehead atoms. The highest BCUT2D eigenvalue weighted by atomic mass is 35.5. The number of methoxy groups -OCH3 is 1. The van der Waals surface area contributed by atoms with Crippen LogP contribution >= 0.6 is 11.6 Å². The van der Waals surface area contributed by atoms with Crippen LogP contribution in [0, 0.1) is 0 Å². The molecule has 0 atom stereocenters. The maximum atomic E-state index is 13.6. The Labute approximate surface area is 155 Å². The normalized spacial score (nSPS) is 11.3. The van der Waals surface area contributed by atoms with Crippen molar-refractivity contribution in [2.24, 2.45) is 0 Å². The van der Waals surface area contributed by atoms with Crippen molar-refractivity contribution in [3.8, 4) is 17.4 Å². The predicted octanol–water partition coefficient (Wildman–Crippen LogP) is 3.56. The number of carbonyl (C=O) groups is 1. The molecule has 0 aliphatic rings. The Morgan fingerprint density at radius 2 is 1.89 bits per heavy atom. The minimum atomic E-state index is -4.91. The first-order valence-electron chi connectivity index (χ1n) is 7.31. The van der Waals surface area contributed by atoms with Gasteiger partial charge in [-0.15, -0.1) is 10.2 Å². The third-order valence-electron chi connectivity index (χ3n) is 3.35. The molecule has 0 radical (unpaired) electrons. The lowest BCUT2D eigenvalue weighted by Gasteiger charge is -2.12. The van der Waals surface area contributed by atoms with Crippen molar-refractivity contribution >= 4 is 17.6 Å². The topological polar surface area (TPSA) is 79.1 Å². The molecule has 3 rings (SSSR count). The molecule has 27 heavy (non-hydrogen) atoms. The van der Waals surface area contributed by atoms with E-state index in [4.69, 9.17) is 21.1 Å². The standard InChI is InChI=1S/C16H10ClF3N4O3/c1-26-13-7-6-12(22-23-13)24-14(16(18,19)20)9(8-21-24)15(25)27-11-5-3-2-4-10(11)17/h2-8H,1H3. The smallest absolute Gasteiger partial charge is 0.434 e. The lowest BCUT2D eigenvalue weighted by molar-refractivity contribution is -0.143. The summed E-state index contributed by atoms with van der Waals surface area (Å²) in [7, 11) is 1.33. The number of aromatic nitrogens is 4. The monoisotopic (exact) mass is 398 g/mol. The molecule has 0 N–H and O–H groups in total. The van der Waals surface area contributed by atoms with E-state index in [0.29, 0.717) is 4.68 Å². The second-order valence-electron chi connectivity index (χ2n) is 5.07. The van der Waals surface area contributed by atoms with Gasteiger partial charge in [-0.1, -0.05) is 23.7 Å². The second-order valence-corrected chi connectivity index (χ2v) is 5.48. The van der Waals surface area contributed by atoms with Crippen LogP contribution in [0.25, 0.3) is 5.82 Å². The van der Waals surface area contributed by atoms with Crippen molar-refractivity contribution in [3.63, 3.8) is 0 Å². The van der Waals surface area contributed by atoms with Gasteiger partial charge in [0.25, 0.3) is 0 Å². The Kier molecular flexibility index (Phi) is 5.00. The average Bonchev–Trinajstić information content (AvgIpc) is 3.09. The van der Waals surface area contributed by atoms with Crippen LogP contribution in [0.1, 0.15) is 16.1 Å². The van der Waals surface area contributed by atoms with Gasteiger partial charge in [0.05, 0.1) is 18.3 Å². The van der Waals surface area contributed by atoms with Gasteiger partial charge in [-0.25, -0.2) is 9.48 Å². The lowest BCUT2D eigenvalue weighted by Crippen LogP contribution is -2.20. The minimum absolute atomic E-state index is 0.0747. The van der Waals surface area contributed by atoms with Crippen LogP contribution in [0.2, 0.25) is 5.02 Å². The third-order valence-corrected chi connectivity index (χ3v) is 3.66. The van der Waals surface area contributed by atoms with Gasteiger partial charge in [0, 0.05) is 6.07 Å². The fourth-order valence-electron chi connectivity index (χ4n) is 2.16. The van der Waals surface area contributed by atoms with Crippen molar-refractivity contribution in [1.82, 2.24) is 20.0 Å². The molecule has 0 saturated carbocycles. The van der Waals surface area contributed by atoms with Gasteiger partial charge in [0.1, 0.15) is 11.3 Å². The van der Waals surface area contributed by atoms with Gasteiger partial charge >= 0.3 is 12.1 Å². The number of alkyl halides is 3. The van der Waals surface area contributed by atoms with Crippen LogP contribution in [0.4, 0.5) is 13.2 Å². The predicted molar refractivity (Wildman–Crippen MR) is 87.1 cm³/mol. The number of benzene rings is 1. The zero-order chi connectivity index (χ0) is 19.6. The van der Waals surface area contributed by atoms with E-state index in [1.165, 1.54) is 37.4 Å². The fraction of sp³-hybridized carbons (Fsp3) is 0.125. The van der Waals surface area contributed by atoms with Crippen molar-refractivity contribution in [2.45, 2.75) is 6.18 Å². The number of hydrogen-bond donors (Lipinski definition) is 0. The van der Waals surface area contributed by atoms with Gasteiger partial charge in [0.2, 0.25) is 5.88 Å². The zero-order valence-electron chi connectivity index (χ0n) is 13.6. The molecule has 0 aliphatic heterocycles. The van der Waals surface area contributed by atoms with Crippen molar-refractivity contribution in [1.29, 1.82) is 0 Å². The van der Waals surface area contributed by atoms with E-state index < -0.39 is 23.4 Å². The molecule has 3 aromatic rings. The highest BCUT2D eigenvalue weighted by molar-refractivity contribution is 6.32. The molecule has 1 aromatic carbocycles. The molecule has 7 nitrogen and oxygen atoms in total. The second kappa shape index (κ2) is 7.23. The molecule has 0 amide bonds. The summed E-state index contributed by atoms with van der Waals surface area (Å²) in [5, 5.41) is 10.9. The summed E-state index contributed by atoms with van der Waals surface area (Å²) in [6.45, 7) is 0. The molecule has 0 fully saturated rings. The number of halogens is 4. The summed E-state index contributed by atoms with van der Waals surface area (Å²) in [4.78, 5) is 12.3. The Morgan fingerprint density at radius 1 is 1.15 bits per heavy atom. The van der Waals surface area contributed by atoms with Crippen LogP contribution in [0.3, 0.4) is 0 Å². The number of hydrogen-bond acceptors (Lipinski definition) is 6. The van der Waals surface area contributed by atoms with Gasteiger partial charge in [-0.05, 0) is 18.2 Å². The molecule has 2 aromatic heterocycles. The average molecular weight is 399 g/mol. The number of carbonyl (C=O) groups excluding carboxylic acids is 1. The van der Waals surface area contributed by atoms with Crippen molar-refractivity contribution in [2.75, 3.05) is 7.11 Å². The van der Waals surface area contributed by atoms with E-state index in [2.05, 4.69) is 15.3 Å². The number of nitrogens with zero attached hydrogens (tertiary/aromatic N) is 4. The molecule has 0 unspecified atom stereocenters. The Balaban J connectivity index is 2.02. The van der Waals surface area contributed by atoms with E-state index >= 15 is 0 Å². The number of para-hydroxylation sites is 1. The minimum Gasteiger partial charge on any atom is -0.480 e. The Morgan fingerprint density at radius 3 is 2.48 bits per heavy atom. The molecule has 11 heteroatoms. The number of rotatable bonds is 4. The third kappa shape index (κ3) is 3.85. The van der Waals surface area contributed by atoms with E-state index in [1.54, 1.807) is 6.07 Å². The maximum absolute atomic E-state index is 13.6. The molecule has 0 spiro atoms. The van der Waals surface area contributed by atoms with Crippen LogP contribution in [-0.4, -0.2) is 33.1 Å².